The molecule has 3 N–H and O–H groups in total. The number of hydrogen-bond acceptors (Lipinski definition) is 3. The first-order chi connectivity index (χ1) is 13.9. The number of rotatable bonds is 3. The maximum Gasteiger partial charge on any atom is 0.123 e. The molecule has 4 nitrogen and oxygen atoms in total. The fraction of sp³-hybridized carbons (Fsp3) is 0.333. The van der Waals surface area contributed by atoms with E-state index in [0.717, 1.165) is 40.7 Å². The Morgan fingerprint density at radius 2 is 2.07 bits per heavy atom. The zero-order chi connectivity index (χ0) is 20.2. The quantitative estimate of drug-likeness (QED) is 0.596. The molecule has 1 fully saturated rings. The standard InChI is InChI=1S/C24H25FN2O2/c1-2-9-27-10-8-23(16-4-3-5-18(28)11-16)14-22-20(13-24(23,29)15-27)19-12-17(25)6-7-21(19)26-22/h2-7,11-12,26,28-29H,1,8-10,13-15H2. The summed E-state index contributed by atoms with van der Waals surface area (Å²) in [5.74, 6) is -0.0645. The van der Waals surface area contributed by atoms with Gasteiger partial charge in [0, 0.05) is 47.9 Å². The minimum absolute atomic E-state index is 0.206. The van der Waals surface area contributed by atoms with Crippen molar-refractivity contribution in [3.63, 3.8) is 0 Å². The summed E-state index contributed by atoms with van der Waals surface area (Å²) >= 11 is 0. The Kier molecular flexibility index (Phi) is 4.09. The Morgan fingerprint density at radius 1 is 1.21 bits per heavy atom. The Balaban J connectivity index is 1.70. The second kappa shape index (κ2) is 6.44. The number of aromatic amines is 1. The zero-order valence-electron chi connectivity index (χ0n) is 16.3. The summed E-state index contributed by atoms with van der Waals surface area (Å²) in [5.41, 5.74) is 2.35. The lowest BCUT2D eigenvalue weighted by Crippen LogP contribution is -2.66. The van der Waals surface area contributed by atoms with Crippen LogP contribution in [0.3, 0.4) is 0 Å². The molecule has 29 heavy (non-hydrogen) atoms. The average Bonchev–Trinajstić information content (AvgIpc) is 3.02. The monoisotopic (exact) mass is 392 g/mol. The predicted molar refractivity (Wildman–Crippen MR) is 112 cm³/mol. The summed E-state index contributed by atoms with van der Waals surface area (Å²) in [5, 5.41) is 23.1. The molecule has 1 aliphatic heterocycles. The molecule has 0 amide bonds. The van der Waals surface area contributed by atoms with Crippen molar-refractivity contribution in [3.8, 4) is 5.75 Å². The first-order valence-corrected chi connectivity index (χ1v) is 10.1. The van der Waals surface area contributed by atoms with Gasteiger partial charge in [-0.15, -0.1) is 6.58 Å². The number of phenolic OH excluding ortho intramolecular Hbond substituents is 1. The van der Waals surface area contributed by atoms with Gasteiger partial charge in [-0.1, -0.05) is 18.2 Å². The highest BCUT2D eigenvalue weighted by Crippen LogP contribution is 2.51. The van der Waals surface area contributed by atoms with E-state index in [4.69, 9.17) is 0 Å². The molecular formula is C24H25FN2O2. The van der Waals surface area contributed by atoms with Gasteiger partial charge in [-0.3, -0.25) is 4.90 Å². The second-order valence-corrected chi connectivity index (χ2v) is 8.56. The van der Waals surface area contributed by atoms with Crippen molar-refractivity contribution in [2.45, 2.75) is 30.3 Å². The molecule has 2 atom stereocenters. The van der Waals surface area contributed by atoms with Crippen LogP contribution in [0.4, 0.5) is 4.39 Å². The van der Waals surface area contributed by atoms with Gasteiger partial charge in [0.15, 0.2) is 0 Å². The molecule has 0 spiro atoms. The number of nitrogens with one attached hydrogen (secondary N) is 1. The third-order valence-electron chi connectivity index (χ3n) is 6.92. The van der Waals surface area contributed by atoms with Crippen LogP contribution in [0.2, 0.25) is 0 Å². The molecule has 1 saturated heterocycles. The van der Waals surface area contributed by atoms with Crippen LogP contribution in [0.15, 0.2) is 55.1 Å². The number of likely N-dealkylation sites (tertiary alicyclic amines) is 1. The Bertz CT molecular complexity index is 1110. The van der Waals surface area contributed by atoms with Gasteiger partial charge in [-0.25, -0.2) is 4.39 Å². The maximum absolute atomic E-state index is 13.9. The second-order valence-electron chi connectivity index (χ2n) is 8.56. The van der Waals surface area contributed by atoms with Crippen LogP contribution in [0.25, 0.3) is 10.9 Å². The van der Waals surface area contributed by atoms with Gasteiger partial charge >= 0.3 is 0 Å². The average molecular weight is 392 g/mol. The molecule has 5 rings (SSSR count). The molecule has 1 aliphatic carbocycles. The van der Waals surface area contributed by atoms with Crippen LogP contribution in [0.1, 0.15) is 23.2 Å². The third kappa shape index (κ3) is 2.72. The Hall–Kier alpha value is -2.63. The summed E-state index contributed by atoms with van der Waals surface area (Å²) in [4.78, 5) is 5.69. The molecule has 0 saturated carbocycles. The van der Waals surface area contributed by atoms with E-state index in [1.165, 1.54) is 6.07 Å². The summed E-state index contributed by atoms with van der Waals surface area (Å²) < 4.78 is 13.9. The molecule has 2 unspecified atom stereocenters. The van der Waals surface area contributed by atoms with E-state index in [1.807, 2.05) is 18.2 Å². The van der Waals surface area contributed by atoms with Gasteiger partial charge in [0.1, 0.15) is 11.6 Å². The van der Waals surface area contributed by atoms with E-state index in [1.54, 1.807) is 24.3 Å². The summed E-state index contributed by atoms with van der Waals surface area (Å²) in [6, 6.07) is 12.1. The minimum Gasteiger partial charge on any atom is -0.508 e. The van der Waals surface area contributed by atoms with Crippen molar-refractivity contribution in [3.05, 3.63) is 77.8 Å². The fourth-order valence-corrected chi connectivity index (χ4v) is 5.54. The van der Waals surface area contributed by atoms with Crippen molar-refractivity contribution in [1.82, 2.24) is 9.88 Å². The lowest BCUT2D eigenvalue weighted by atomic mass is 9.56. The molecule has 0 radical (unpaired) electrons. The van der Waals surface area contributed by atoms with Gasteiger partial charge in [0.2, 0.25) is 0 Å². The molecule has 150 valence electrons. The minimum atomic E-state index is -1.03. The third-order valence-corrected chi connectivity index (χ3v) is 6.92. The molecule has 1 aromatic heterocycles. The van der Waals surface area contributed by atoms with Crippen LogP contribution >= 0.6 is 0 Å². The highest BCUT2D eigenvalue weighted by Gasteiger charge is 2.57. The van der Waals surface area contributed by atoms with Gasteiger partial charge in [-0.05, 0) is 54.4 Å². The molecule has 0 bridgehead atoms. The van der Waals surface area contributed by atoms with Gasteiger partial charge in [-0.2, -0.15) is 0 Å². The van der Waals surface area contributed by atoms with Crippen LogP contribution in [-0.2, 0) is 18.3 Å². The number of fused-ring (bicyclic) bond motifs is 4. The van der Waals surface area contributed by atoms with Crippen LogP contribution in [0, 0.1) is 5.82 Å². The maximum atomic E-state index is 13.9. The van der Waals surface area contributed by atoms with E-state index >= 15 is 0 Å². The molecule has 5 heteroatoms. The Morgan fingerprint density at radius 3 is 2.86 bits per heavy atom. The van der Waals surface area contributed by atoms with E-state index in [0.29, 0.717) is 25.9 Å². The summed E-state index contributed by atoms with van der Waals surface area (Å²) in [6.07, 6.45) is 3.69. The molecule has 2 aromatic carbocycles. The van der Waals surface area contributed by atoms with Crippen LogP contribution in [-0.4, -0.2) is 45.3 Å². The first-order valence-electron chi connectivity index (χ1n) is 10.1. The first kappa shape index (κ1) is 18.4. The lowest BCUT2D eigenvalue weighted by molar-refractivity contribution is -0.100. The van der Waals surface area contributed by atoms with Crippen molar-refractivity contribution in [1.29, 1.82) is 0 Å². The number of aliphatic hydroxyl groups is 1. The number of phenols is 1. The topological polar surface area (TPSA) is 59.5 Å². The van der Waals surface area contributed by atoms with E-state index in [2.05, 4.69) is 16.5 Å². The van der Waals surface area contributed by atoms with Crippen LogP contribution in [0.5, 0.6) is 5.75 Å². The summed E-state index contributed by atoms with van der Waals surface area (Å²) in [7, 11) is 0. The molecular weight excluding hydrogens is 367 g/mol. The number of H-pyrrole nitrogens is 1. The Labute approximate surface area is 169 Å². The van der Waals surface area contributed by atoms with Gasteiger partial charge in [0.25, 0.3) is 0 Å². The van der Waals surface area contributed by atoms with Crippen LogP contribution < -0.4 is 0 Å². The number of β-amino-alcohol motifs (C(OH)–C–C–N with tert-alkyl or cyclic N) is 1. The smallest absolute Gasteiger partial charge is 0.123 e. The van der Waals surface area contributed by atoms with E-state index < -0.39 is 11.0 Å². The number of aromatic nitrogens is 1. The number of aromatic hydroxyl groups is 1. The predicted octanol–water partition coefficient (Wildman–Crippen LogP) is 3.67. The number of halogens is 1. The largest absolute Gasteiger partial charge is 0.508 e. The SMILES string of the molecule is C=CCN1CCC2(c3cccc(O)c3)Cc3[nH]c4ccc(F)cc4c3CC2(O)C1. The molecule has 3 aromatic rings. The fourth-order valence-electron chi connectivity index (χ4n) is 5.54. The summed E-state index contributed by atoms with van der Waals surface area (Å²) in [6.45, 7) is 5.91. The van der Waals surface area contributed by atoms with Crippen molar-refractivity contribution in [2.75, 3.05) is 19.6 Å². The highest BCUT2D eigenvalue weighted by atomic mass is 19.1. The van der Waals surface area contributed by atoms with E-state index in [-0.39, 0.29) is 11.6 Å². The lowest BCUT2D eigenvalue weighted by Gasteiger charge is -2.56. The number of piperidine rings is 1. The number of hydrogen-bond donors (Lipinski definition) is 3. The number of nitrogens with zero attached hydrogens (tertiary/aromatic N) is 1. The number of benzene rings is 2. The van der Waals surface area contributed by atoms with Crippen molar-refractivity contribution in [2.24, 2.45) is 0 Å². The zero-order valence-corrected chi connectivity index (χ0v) is 16.3. The normalized spacial score (nSPS) is 26.8. The molecule has 2 aliphatic rings. The van der Waals surface area contributed by atoms with Crippen molar-refractivity contribution >= 4 is 10.9 Å². The van der Waals surface area contributed by atoms with Gasteiger partial charge in [0.05, 0.1) is 5.60 Å². The van der Waals surface area contributed by atoms with Crippen molar-refractivity contribution < 1.29 is 14.6 Å². The van der Waals surface area contributed by atoms with Gasteiger partial charge < -0.3 is 15.2 Å². The molecule has 2 heterocycles. The van der Waals surface area contributed by atoms with E-state index in [9.17, 15) is 14.6 Å². The highest BCUT2D eigenvalue weighted by molar-refractivity contribution is 5.85.